The summed E-state index contributed by atoms with van der Waals surface area (Å²) in [6.45, 7) is 0. The minimum absolute atomic E-state index is 0.0266. The molecule has 0 bridgehead atoms. The average molecular weight is 427 g/mol. The van der Waals surface area contributed by atoms with E-state index in [1.165, 1.54) is 24.4 Å². The fourth-order valence-electron chi connectivity index (χ4n) is 1.60. The molecule has 0 aliphatic rings. The largest absolute Gasteiger partial charge is 0.272 e. The molecule has 0 fully saturated rings. The van der Waals surface area contributed by atoms with Crippen LogP contribution in [0.2, 0.25) is 0 Å². The van der Waals surface area contributed by atoms with Gasteiger partial charge >= 0.3 is 0 Å². The molecule has 2 rings (SSSR count). The van der Waals surface area contributed by atoms with Crippen molar-refractivity contribution in [3.05, 3.63) is 72.7 Å². The monoisotopic (exact) mass is 425 g/mol. The number of hydrazone groups is 1. The second kappa shape index (κ2) is 7.28. The molecule has 22 heavy (non-hydrogen) atoms. The molecule has 0 saturated carbocycles. The maximum Gasteiger partial charge on any atom is 0.272 e. The average Bonchev–Trinajstić information content (AvgIpc) is 2.49. The van der Waals surface area contributed by atoms with E-state index in [9.17, 15) is 14.9 Å². The first-order chi connectivity index (χ1) is 10.5. The van der Waals surface area contributed by atoms with Crippen LogP contribution in [0, 0.1) is 10.1 Å². The molecule has 0 aliphatic carbocycles. The van der Waals surface area contributed by atoms with Gasteiger partial charge in [0.1, 0.15) is 0 Å². The van der Waals surface area contributed by atoms with Gasteiger partial charge in [0.15, 0.2) is 0 Å². The lowest BCUT2D eigenvalue weighted by Crippen LogP contribution is -2.18. The number of rotatable bonds is 4. The number of carbonyl (C=O) groups is 1. The van der Waals surface area contributed by atoms with Crippen molar-refractivity contribution < 1.29 is 9.72 Å². The van der Waals surface area contributed by atoms with Crippen molar-refractivity contribution in [3.63, 3.8) is 0 Å². The number of benzene rings is 2. The Morgan fingerprint density at radius 1 is 1.18 bits per heavy atom. The highest BCUT2D eigenvalue weighted by Gasteiger charge is 2.09. The van der Waals surface area contributed by atoms with E-state index in [2.05, 4.69) is 42.4 Å². The van der Waals surface area contributed by atoms with Crippen molar-refractivity contribution in [1.82, 2.24) is 5.43 Å². The molecule has 112 valence electrons. The molecule has 0 radical (unpaired) electrons. The van der Waals surface area contributed by atoms with Gasteiger partial charge in [-0.25, -0.2) is 5.43 Å². The van der Waals surface area contributed by atoms with Gasteiger partial charge in [-0.05, 0) is 50.1 Å². The van der Waals surface area contributed by atoms with Crippen LogP contribution in [0.15, 0.2) is 56.5 Å². The van der Waals surface area contributed by atoms with E-state index in [0.29, 0.717) is 20.1 Å². The Balaban J connectivity index is 2.08. The number of nitrogens with one attached hydrogen (secondary N) is 1. The molecule has 1 N–H and O–H groups in total. The standard InChI is InChI=1S/C14H9Br2N3O3/c15-12-4-2-1-3-11(12)14(20)18-17-8-9-5-6-10(19(21)22)7-13(9)16/h1-8H,(H,18,20)/b17-8-. The number of carbonyl (C=O) groups excluding carboxylic acids is 1. The second-order valence-corrected chi connectivity index (χ2v) is 5.85. The number of nitrogens with zero attached hydrogens (tertiary/aromatic N) is 2. The van der Waals surface area contributed by atoms with Crippen LogP contribution in [-0.4, -0.2) is 17.0 Å². The molecule has 0 atom stereocenters. The summed E-state index contributed by atoms with van der Waals surface area (Å²) in [5.74, 6) is -0.359. The van der Waals surface area contributed by atoms with Crippen LogP contribution in [0.1, 0.15) is 15.9 Å². The highest BCUT2D eigenvalue weighted by molar-refractivity contribution is 9.10. The molecule has 1 amide bonds. The van der Waals surface area contributed by atoms with Crippen LogP contribution in [0.4, 0.5) is 5.69 Å². The Kier molecular flexibility index (Phi) is 5.40. The van der Waals surface area contributed by atoms with Crippen LogP contribution in [0.3, 0.4) is 0 Å². The summed E-state index contributed by atoms with van der Waals surface area (Å²) >= 11 is 6.51. The van der Waals surface area contributed by atoms with Crippen LogP contribution < -0.4 is 5.43 Å². The predicted molar refractivity (Wildman–Crippen MR) is 90.0 cm³/mol. The number of amides is 1. The Morgan fingerprint density at radius 2 is 1.91 bits per heavy atom. The summed E-state index contributed by atoms with van der Waals surface area (Å²) in [7, 11) is 0. The Bertz CT molecular complexity index is 763. The fraction of sp³-hybridized carbons (Fsp3) is 0. The molecule has 0 heterocycles. The van der Waals surface area contributed by atoms with Crippen molar-refractivity contribution in [2.45, 2.75) is 0 Å². The minimum Gasteiger partial charge on any atom is -0.267 e. The lowest BCUT2D eigenvalue weighted by atomic mass is 10.2. The number of halogens is 2. The SMILES string of the molecule is O=C(N/N=C\c1ccc([N+](=O)[O-])cc1Br)c1ccccc1Br. The van der Waals surface area contributed by atoms with Gasteiger partial charge in [0, 0.05) is 26.6 Å². The van der Waals surface area contributed by atoms with Crippen LogP contribution in [0.5, 0.6) is 0 Å². The van der Waals surface area contributed by atoms with E-state index in [1.807, 2.05) is 0 Å². The summed E-state index contributed by atoms with van der Waals surface area (Å²) in [6.07, 6.45) is 1.41. The first-order valence-electron chi connectivity index (χ1n) is 6.01. The molecule has 8 heteroatoms. The molecule has 0 aromatic heterocycles. The third kappa shape index (κ3) is 3.99. The van der Waals surface area contributed by atoms with Crippen molar-refractivity contribution in [2.24, 2.45) is 5.10 Å². The molecule has 6 nitrogen and oxygen atoms in total. The quantitative estimate of drug-likeness (QED) is 0.457. The Morgan fingerprint density at radius 3 is 2.55 bits per heavy atom. The molecule has 0 unspecified atom stereocenters. The molecular formula is C14H9Br2N3O3. The van der Waals surface area contributed by atoms with Gasteiger partial charge in [0.05, 0.1) is 16.7 Å². The zero-order valence-corrected chi connectivity index (χ0v) is 14.2. The Labute approximate surface area is 142 Å². The van der Waals surface area contributed by atoms with E-state index in [-0.39, 0.29) is 11.6 Å². The normalized spacial score (nSPS) is 10.6. The highest BCUT2D eigenvalue weighted by Crippen LogP contribution is 2.21. The van der Waals surface area contributed by atoms with Crippen molar-refractivity contribution in [1.29, 1.82) is 0 Å². The number of hydrogen-bond donors (Lipinski definition) is 1. The smallest absolute Gasteiger partial charge is 0.267 e. The third-order valence-corrected chi connectivity index (χ3v) is 4.06. The van der Waals surface area contributed by atoms with Crippen LogP contribution >= 0.6 is 31.9 Å². The van der Waals surface area contributed by atoms with Crippen molar-refractivity contribution in [3.8, 4) is 0 Å². The van der Waals surface area contributed by atoms with Gasteiger partial charge in [-0.1, -0.05) is 12.1 Å². The number of nitro benzene ring substituents is 1. The highest BCUT2D eigenvalue weighted by atomic mass is 79.9. The van der Waals surface area contributed by atoms with Crippen LogP contribution in [-0.2, 0) is 0 Å². The van der Waals surface area contributed by atoms with Crippen molar-refractivity contribution in [2.75, 3.05) is 0 Å². The zero-order chi connectivity index (χ0) is 16.1. The summed E-state index contributed by atoms with van der Waals surface area (Å²) in [6, 6.07) is 11.2. The molecule has 0 saturated heterocycles. The van der Waals surface area contributed by atoms with Crippen LogP contribution in [0.25, 0.3) is 0 Å². The number of hydrogen-bond acceptors (Lipinski definition) is 4. The lowest BCUT2D eigenvalue weighted by molar-refractivity contribution is -0.384. The number of non-ortho nitro benzene ring substituents is 1. The summed E-state index contributed by atoms with van der Waals surface area (Å²) in [5, 5.41) is 14.5. The maximum absolute atomic E-state index is 11.9. The van der Waals surface area contributed by atoms with E-state index >= 15 is 0 Å². The van der Waals surface area contributed by atoms with E-state index in [0.717, 1.165) is 0 Å². The summed E-state index contributed by atoms with van der Waals surface area (Å²) in [4.78, 5) is 22.1. The maximum atomic E-state index is 11.9. The van der Waals surface area contributed by atoms with Gasteiger partial charge in [-0.3, -0.25) is 14.9 Å². The van der Waals surface area contributed by atoms with Gasteiger partial charge < -0.3 is 0 Å². The van der Waals surface area contributed by atoms with Gasteiger partial charge in [0.25, 0.3) is 11.6 Å². The molecule has 0 spiro atoms. The summed E-state index contributed by atoms with van der Waals surface area (Å²) in [5.41, 5.74) is 3.44. The van der Waals surface area contributed by atoms with E-state index in [1.54, 1.807) is 24.3 Å². The number of nitro groups is 1. The molecular weight excluding hydrogens is 418 g/mol. The summed E-state index contributed by atoms with van der Waals surface area (Å²) < 4.78 is 1.18. The molecule has 2 aromatic carbocycles. The van der Waals surface area contributed by atoms with Gasteiger partial charge in [0.2, 0.25) is 0 Å². The second-order valence-electron chi connectivity index (χ2n) is 4.14. The van der Waals surface area contributed by atoms with E-state index < -0.39 is 4.92 Å². The first-order valence-corrected chi connectivity index (χ1v) is 7.59. The third-order valence-electron chi connectivity index (χ3n) is 2.68. The molecule has 0 aliphatic heterocycles. The fourth-order valence-corrected chi connectivity index (χ4v) is 2.53. The zero-order valence-electron chi connectivity index (χ0n) is 11.0. The van der Waals surface area contributed by atoms with E-state index in [4.69, 9.17) is 0 Å². The molecule has 2 aromatic rings. The Hall–Kier alpha value is -2.06. The minimum atomic E-state index is -0.486. The predicted octanol–water partition coefficient (Wildman–Crippen LogP) is 3.88. The lowest BCUT2D eigenvalue weighted by Gasteiger charge is -2.02. The van der Waals surface area contributed by atoms with Gasteiger partial charge in [-0.2, -0.15) is 5.10 Å². The topological polar surface area (TPSA) is 84.6 Å². The van der Waals surface area contributed by atoms with Crippen molar-refractivity contribution >= 4 is 49.7 Å². The first kappa shape index (κ1) is 16.3. The van der Waals surface area contributed by atoms with Gasteiger partial charge in [-0.15, -0.1) is 0 Å².